The van der Waals surface area contributed by atoms with Crippen LogP contribution < -0.4 is 0 Å². The van der Waals surface area contributed by atoms with Crippen LogP contribution in [0.4, 0.5) is 0 Å². The molecule has 64 valence electrons. The highest BCUT2D eigenvalue weighted by Crippen LogP contribution is 2.18. The Hall–Kier alpha value is -0.800. The van der Waals surface area contributed by atoms with E-state index in [9.17, 15) is 10.1 Å². The highest BCUT2D eigenvalue weighted by atomic mass is 16.7. The molecule has 0 bridgehead atoms. The van der Waals surface area contributed by atoms with Gasteiger partial charge in [-0.05, 0) is 25.7 Å². The Morgan fingerprint density at radius 1 is 1.64 bits per heavy atom. The zero-order valence-electron chi connectivity index (χ0n) is 6.82. The largest absolute Gasteiger partial charge is 0.235 e. The van der Waals surface area contributed by atoms with Gasteiger partial charge in [0.25, 0.3) is 0 Å². The number of rotatable bonds is 2. The van der Waals surface area contributed by atoms with Gasteiger partial charge in [-0.25, -0.2) is 10.1 Å². The maximum absolute atomic E-state index is 10.5. The molecule has 0 saturated carbocycles. The van der Waals surface area contributed by atoms with E-state index in [4.69, 9.17) is 0 Å². The molecule has 0 aromatic heterocycles. The molecule has 0 amide bonds. The van der Waals surface area contributed by atoms with Crippen LogP contribution in [-0.2, 0) is 0 Å². The summed E-state index contributed by atoms with van der Waals surface area (Å²) in [6.45, 7) is 2.64. The molecule has 1 atom stereocenters. The zero-order valence-corrected chi connectivity index (χ0v) is 6.82. The van der Waals surface area contributed by atoms with Gasteiger partial charge >= 0.3 is 0 Å². The third-order valence-corrected chi connectivity index (χ3v) is 2.28. The summed E-state index contributed by atoms with van der Waals surface area (Å²) in [7, 11) is 0. The molecule has 11 heavy (non-hydrogen) atoms. The van der Waals surface area contributed by atoms with Crippen LogP contribution in [0.2, 0.25) is 0 Å². The smallest absolute Gasteiger partial charge is 0.160 e. The zero-order chi connectivity index (χ0) is 8.27. The summed E-state index contributed by atoms with van der Waals surface area (Å²) in [5, 5.41) is 11.6. The number of nitro groups is 1. The summed E-state index contributed by atoms with van der Waals surface area (Å²) >= 11 is 0. The molecular weight excluding hydrogens is 144 g/mol. The Kier molecular flexibility index (Phi) is 2.68. The van der Waals surface area contributed by atoms with Gasteiger partial charge < -0.3 is 0 Å². The van der Waals surface area contributed by atoms with Crippen molar-refractivity contribution < 1.29 is 5.03 Å². The van der Waals surface area contributed by atoms with Gasteiger partial charge in [0.1, 0.15) is 0 Å². The van der Waals surface area contributed by atoms with E-state index in [-0.39, 0.29) is 11.1 Å². The van der Waals surface area contributed by atoms with Crippen LogP contribution in [0.25, 0.3) is 0 Å². The van der Waals surface area contributed by atoms with E-state index in [0.717, 1.165) is 25.7 Å². The lowest BCUT2D eigenvalue weighted by atomic mass is 10.0. The maximum atomic E-state index is 10.5. The molecule has 1 rings (SSSR count). The molecule has 0 spiro atoms. The second-order valence-corrected chi connectivity index (χ2v) is 2.96. The van der Waals surface area contributed by atoms with E-state index in [1.54, 1.807) is 0 Å². The highest BCUT2D eigenvalue weighted by Gasteiger charge is 2.27. The molecule has 0 aromatic carbocycles. The molecule has 1 fully saturated rings. The summed E-state index contributed by atoms with van der Waals surface area (Å²) < 4.78 is 0. The Balaban J connectivity index is 2.51. The lowest BCUT2D eigenvalue weighted by Gasteiger charge is -2.27. The number of hydrazine groups is 1. The summed E-state index contributed by atoms with van der Waals surface area (Å²) in [5.41, 5.74) is 0. The van der Waals surface area contributed by atoms with Crippen molar-refractivity contribution >= 4 is 0 Å². The molecule has 0 N–H and O–H groups in total. The third kappa shape index (κ3) is 1.82. The molecule has 0 aromatic rings. The van der Waals surface area contributed by atoms with Crippen molar-refractivity contribution in [2.45, 2.75) is 38.6 Å². The summed E-state index contributed by atoms with van der Waals surface area (Å²) in [5.74, 6) is 0. The summed E-state index contributed by atoms with van der Waals surface area (Å²) in [4.78, 5) is 10.5. The van der Waals surface area contributed by atoms with Gasteiger partial charge in [0, 0.05) is 0 Å². The number of hydrogen-bond acceptors (Lipinski definition) is 2. The van der Waals surface area contributed by atoms with Gasteiger partial charge in [0.2, 0.25) is 0 Å². The van der Waals surface area contributed by atoms with Gasteiger partial charge in [0.15, 0.2) is 5.03 Å². The summed E-state index contributed by atoms with van der Waals surface area (Å²) in [6.07, 6.45) is 3.98. The van der Waals surface area contributed by atoms with Crippen LogP contribution in [0.15, 0.2) is 0 Å². The van der Waals surface area contributed by atoms with E-state index >= 15 is 0 Å². The highest BCUT2D eigenvalue weighted by molar-refractivity contribution is 4.69. The second kappa shape index (κ2) is 3.55. The van der Waals surface area contributed by atoms with Crippen LogP contribution in [0.1, 0.15) is 32.6 Å². The molecule has 4 nitrogen and oxygen atoms in total. The average Bonchev–Trinajstić information content (AvgIpc) is 2.04. The normalized spacial score (nSPS) is 25.2. The fraction of sp³-hybridized carbons (Fsp3) is 1.00. The average molecular weight is 158 g/mol. The molecule has 1 heterocycles. The Morgan fingerprint density at radius 3 is 2.82 bits per heavy atom. The van der Waals surface area contributed by atoms with Crippen LogP contribution in [0.3, 0.4) is 0 Å². The monoisotopic (exact) mass is 158 g/mol. The van der Waals surface area contributed by atoms with Gasteiger partial charge in [-0.15, -0.1) is 5.01 Å². The van der Waals surface area contributed by atoms with Crippen molar-refractivity contribution in [3.8, 4) is 0 Å². The Labute approximate surface area is 66.3 Å². The number of hydrogen-bond donors (Lipinski definition) is 0. The fourth-order valence-electron chi connectivity index (χ4n) is 1.62. The lowest BCUT2D eigenvalue weighted by Crippen LogP contribution is -2.42. The van der Waals surface area contributed by atoms with Crippen molar-refractivity contribution in [1.82, 2.24) is 5.01 Å². The summed E-state index contributed by atoms with van der Waals surface area (Å²) in [6, 6.07) is 0.179. The predicted octanol–water partition coefficient (Wildman–Crippen LogP) is 1.44. The molecule has 1 saturated heterocycles. The van der Waals surface area contributed by atoms with Crippen molar-refractivity contribution in [3.05, 3.63) is 10.1 Å². The van der Waals surface area contributed by atoms with E-state index in [0.29, 0.717) is 6.54 Å². The minimum atomic E-state index is -0.257. The van der Waals surface area contributed by atoms with Gasteiger partial charge in [-0.3, -0.25) is 0 Å². The quantitative estimate of drug-likeness (QED) is 0.451. The van der Waals surface area contributed by atoms with Gasteiger partial charge in [0.05, 0.1) is 12.6 Å². The van der Waals surface area contributed by atoms with E-state index < -0.39 is 0 Å². The van der Waals surface area contributed by atoms with Crippen LogP contribution in [0.5, 0.6) is 0 Å². The van der Waals surface area contributed by atoms with Gasteiger partial charge in [-0.1, -0.05) is 6.92 Å². The van der Waals surface area contributed by atoms with E-state index in [2.05, 4.69) is 0 Å². The predicted molar refractivity (Wildman–Crippen MR) is 41.6 cm³/mol. The number of nitrogens with zero attached hydrogens (tertiary/aromatic N) is 2. The molecule has 0 aliphatic carbocycles. The molecular formula is C7H14N2O2. The first kappa shape index (κ1) is 8.30. The fourth-order valence-corrected chi connectivity index (χ4v) is 1.62. The van der Waals surface area contributed by atoms with Crippen LogP contribution in [-0.4, -0.2) is 22.6 Å². The van der Waals surface area contributed by atoms with Crippen LogP contribution >= 0.6 is 0 Å². The minimum absolute atomic E-state index is 0.179. The molecule has 1 unspecified atom stereocenters. The lowest BCUT2D eigenvalue weighted by molar-refractivity contribution is -0.667. The first-order valence-corrected chi connectivity index (χ1v) is 4.16. The Bertz CT molecular complexity index is 149. The molecule has 1 aliphatic rings. The first-order chi connectivity index (χ1) is 5.25. The molecule has 1 aliphatic heterocycles. The SMILES string of the molecule is CCC1CCCCN1[N+](=O)[O-]. The molecule has 4 heteroatoms. The molecule has 0 radical (unpaired) electrons. The second-order valence-electron chi connectivity index (χ2n) is 2.96. The van der Waals surface area contributed by atoms with Gasteiger partial charge in [-0.2, -0.15) is 0 Å². The van der Waals surface area contributed by atoms with E-state index in [1.165, 1.54) is 5.01 Å². The maximum Gasteiger partial charge on any atom is 0.160 e. The number of piperidine rings is 1. The van der Waals surface area contributed by atoms with Crippen molar-refractivity contribution in [3.63, 3.8) is 0 Å². The minimum Gasteiger partial charge on any atom is -0.235 e. The Morgan fingerprint density at radius 2 is 2.36 bits per heavy atom. The third-order valence-electron chi connectivity index (χ3n) is 2.28. The van der Waals surface area contributed by atoms with Crippen molar-refractivity contribution in [2.75, 3.05) is 6.54 Å². The van der Waals surface area contributed by atoms with Crippen molar-refractivity contribution in [1.29, 1.82) is 0 Å². The standard InChI is InChI=1S/C7H14N2O2/c1-2-7-5-3-4-6-8(7)9(10)11/h7H,2-6H2,1H3. The first-order valence-electron chi connectivity index (χ1n) is 4.16. The topological polar surface area (TPSA) is 46.4 Å². The van der Waals surface area contributed by atoms with E-state index in [1.807, 2.05) is 6.92 Å². The van der Waals surface area contributed by atoms with Crippen LogP contribution in [0, 0.1) is 10.1 Å². The van der Waals surface area contributed by atoms with Crippen molar-refractivity contribution in [2.24, 2.45) is 0 Å².